The maximum atomic E-state index is 12.6. The number of hydrogen-bond acceptors (Lipinski definition) is 3. The molecule has 2 aromatic carbocycles. The van der Waals surface area contributed by atoms with E-state index < -0.39 is 10.0 Å². The SMILES string of the molecule is Cc1ccc(CS(=O)(=O)N2CCN(c3ccccc3)CC2)cc1. The Hall–Kier alpha value is -1.85. The highest BCUT2D eigenvalue weighted by atomic mass is 32.2. The number of para-hydroxylation sites is 1. The fourth-order valence-corrected chi connectivity index (χ4v) is 4.37. The van der Waals surface area contributed by atoms with Gasteiger partial charge in [-0.1, -0.05) is 48.0 Å². The summed E-state index contributed by atoms with van der Waals surface area (Å²) in [6, 6.07) is 17.8. The van der Waals surface area contributed by atoms with Crippen molar-refractivity contribution in [1.82, 2.24) is 4.31 Å². The third-order valence-electron chi connectivity index (χ3n) is 4.22. The van der Waals surface area contributed by atoms with Crippen molar-refractivity contribution in [1.29, 1.82) is 0 Å². The Morgan fingerprint density at radius 2 is 1.48 bits per heavy atom. The molecule has 0 aromatic heterocycles. The van der Waals surface area contributed by atoms with E-state index in [1.165, 1.54) is 0 Å². The maximum absolute atomic E-state index is 12.6. The molecule has 1 saturated heterocycles. The zero-order valence-electron chi connectivity index (χ0n) is 13.4. The van der Waals surface area contributed by atoms with Crippen LogP contribution in [-0.4, -0.2) is 38.9 Å². The van der Waals surface area contributed by atoms with Gasteiger partial charge in [-0.15, -0.1) is 0 Å². The van der Waals surface area contributed by atoms with Crippen LogP contribution in [0.2, 0.25) is 0 Å². The van der Waals surface area contributed by atoms with Gasteiger partial charge in [0.15, 0.2) is 0 Å². The lowest BCUT2D eigenvalue weighted by molar-refractivity contribution is 0.384. The maximum Gasteiger partial charge on any atom is 0.218 e. The van der Waals surface area contributed by atoms with Gasteiger partial charge in [0.1, 0.15) is 0 Å². The second-order valence-electron chi connectivity index (χ2n) is 5.96. The summed E-state index contributed by atoms with van der Waals surface area (Å²) >= 11 is 0. The van der Waals surface area contributed by atoms with Crippen LogP contribution < -0.4 is 4.90 Å². The van der Waals surface area contributed by atoms with Gasteiger partial charge >= 0.3 is 0 Å². The first-order valence-corrected chi connectivity index (χ1v) is 9.49. The third kappa shape index (κ3) is 3.92. The number of aryl methyl sites for hydroxylation is 1. The zero-order chi connectivity index (χ0) is 16.3. The molecule has 0 atom stereocenters. The van der Waals surface area contributed by atoms with Crippen LogP contribution in [0.1, 0.15) is 11.1 Å². The molecule has 5 heteroatoms. The van der Waals surface area contributed by atoms with E-state index in [-0.39, 0.29) is 5.75 Å². The van der Waals surface area contributed by atoms with E-state index in [1.54, 1.807) is 4.31 Å². The molecule has 0 radical (unpaired) electrons. The van der Waals surface area contributed by atoms with E-state index >= 15 is 0 Å². The molecule has 0 saturated carbocycles. The topological polar surface area (TPSA) is 40.6 Å². The molecule has 0 aliphatic carbocycles. The predicted molar refractivity (Wildman–Crippen MR) is 94.0 cm³/mol. The van der Waals surface area contributed by atoms with Crippen molar-refractivity contribution in [3.05, 3.63) is 65.7 Å². The Balaban J connectivity index is 1.63. The first-order valence-electron chi connectivity index (χ1n) is 7.88. The number of rotatable bonds is 4. The molecular formula is C18H22N2O2S. The molecule has 1 fully saturated rings. The second-order valence-corrected chi connectivity index (χ2v) is 7.93. The molecule has 0 bridgehead atoms. The molecule has 0 unspecified atom stereocenters. The van der Waals surface area contributed by atoms with E-state index in [4.69, 9.17) is 0 Å². The number of hydrogen-bond donors (Lipinski definition) is 0. The molecule has 0 amide bonds. The minimum atomic E-state index is -3.25. The summed E-state index contributed by atoms with van der Waals surface area (Å²) in [7, 11) is -3.25. The van der Waals surface area contributed by atoms with Crippen molar-refractivity contribution in [3.63, 3.8) is 0 Å². The average molecular weight is 330 g/mol. The first kappa shape index (κ1) is 16.0. The van der Waals surface area contributed by atoms with Crippen LogP contribution in [-0.2, 0) is 15.8 Å². The standard InChI is InChI=1S/C18H22N2O2S/c1-16-7-9-17(10-8-16)15-23(21,22)20-13-11-19(12-14-20)18-5-3-2-4-6-18/h2-10H,11-15H2,1H3. The van der Waals surface area contributed by atoms with Crippen molar-refractivity contribution in [3.8, 4) is 0 Å². The van der Waals surface area contributed by atoms with E-state index in [0.29, 0.717) is 13.1 Å². The Bertz CT molecular complexity index is 734. The number of piperazine rings is 1. The molecule has 122 valence electrons. The van der Waals surface area contributed by atoms with Crippen molar-refractivity contribution < 1.29 is 8.42 Å². The predicted octanol–water partition coefficient (Wildman–Crippen LogP) is 2.65. The summed E-state index contributed by atoms with van der Waals surface area (Å²) in [6.45, 7) is 4.56. The van der Waals surface area contributed by atoms with Crippen LogP contribution in [0.4, 0.5) is 5.69 Å². The highest BCUT2D eigenvalue weighted by Gasteiger charge is 2.27. The molecule has 1 aliphatic heterocycles. The summed E-state index contributed by atoms with van der Waals surface area (Å²) in [5.41, 5.74) is 3.15. The van der Waals surface area contributed by atoms with Gasteiger partial charge in [0.05, 0.1) is 5.75 Å². The van der Waals surface area contributed by atoms with Crippen molar-refractivity contribution in [2.45, 2.75) is 12.7 Å². The third-order valence-corrected chi connectivity index (χ3v) is 6.07. The molecule has 0 spiro atoms. The van der Waals surface area contributed by atoms with Gasteiger partial charge in [-0.3, -0.25) is 0 Å². The monoisotopic (exact) mass is 330 g/mol. The normalized spacial score (nSPS) is 16.5. The fraction of sp³-hybridized carbons (Fsp3) is 0.333. The van der Waals surface area contributed by atoms with E-state index in [1.807, 2.05) is 49.4 Å². The van der Waals surface area contributed by atoms with Crippen molar-refractivity contribution >= 4 is 15.7 Å². The molecule has 4 nitrogen and oxygen atoms in total. The van der Waals surface area contributed by atoms with E-state index in [2.05, 4.69) is 17.0 Å². The minimum Gasteiger partial charge on any atom is -0.369 e. The molecule has 1 heterocycles. The van der Waals surface area contributed by atoms with E-state index in [9.17, 15) is 8.42 Å². The van der Waals surface area contributed by atoms with Gasteiger partial charge in [0.25, 0.3) is 0 Å². The van der Waals surface area contributed by atoms with Crippen LogP contribution in [0.15, 0.2) is 54.6 Å². The quantitative estimate of drug-likeness (QED) is 0.865. The summed E-state index contributed by atoms with van der Waals surface area (Å²) in [5, 5.41) is 0. The lowest BCUT2D eigenvalue weighted by atomic mass is 10.2. The summed E-state index contributed by atoms with van der Waals surface area (Å²) in [6.07, 6.45) is 0. The zero-order valence-corrected chi connectivity index (χ0v) is 14.2. The highest BCUT2D eigenvalue weighted by molar-refractivity contribution is 7.88. The van der Waals surface area contributed by atoms with Gasteiger partial charge in [0.2, 0.25) is 10.0 Å². The van der Waals surface area contributed by atoms with Crippen LogP contribution in [0.5, 0.6) is 0 Å². The van der Waals surface area contributed by atoms with Gasteiger partial charge < -0.3 is 4.90 Å². The molecule has 23 heavy (non-hydrogen) atoms. The molecular weight excluding hydrogens is 308 g/mol. The van der Waals surface area contributed by atoms with Gasteiger partial charge in [-0.2, -0.15) is 4.31 Å². The summed E-state index contributed by atoms with van der Waals surface area (Å²) < 4.78 is 26.8. The Labute approximate surface area is 138 Å². The second kappa shape index (κ2) is 6.72. The molecule has 2 aromatic rings. The van der Waals surface area contributed by atoms with Crippen LogP contribution in [0, 0.1) is 6.92 Å². The van der Waals surface area contributed by atoms with Crippen LogP contribution >= 0.6 is 0 Å². The summed E-state index contributed by atoms with van der Waals surface area (Å²) in [4.78, 5) is 2.23. The minimum absolute atomic E-state index is 0.0820. The van der Waals surface area contributed by atoms with Crippen molar-refractivity contribution in [2.75, 3.05) is 31.1 Å². The average Bonchev–Trinajstić information content (AvgIpc) is 2.58. The number of sulfonamides is 1. The Morgan fingerprint density at radius 3 is 2.09 bits per heavy atom. The van der Waals surface area contributed by atoms with Crippen LogP contribution in [0.25, 0.3) is 0 Å². The smallest absolute Gasteiger partial charge is 0.218 e. The number of benzene rings is 2. The lowest BCUT2D eigenvalue weighted by Gasteiger charge is -2.35. The van der Waals surface area contributed by atoms with Crippen molar-refractivity contribution in [2.24, 2.45) is 0 Å². The van der Waals surface area contributed by atoms with Gasteiger partial charge in [-0.25, -0.2) is 8.42 Å². The Kier molecular flexibility index (Phi) is 4.68. The van der Waals surface area contributed by atoms with E-state index in [0.717, 1.165) is 29.9 Å². The molecule has 3 rings (SSSR count). The first-order chi connectivity index (χ1) is 11.0. The van der Waals surface area contributed by atoms with Gasteiger partial charge in [-0.05, 0) is 24.6 Å². The molecule has 1 aliphatic rings. The molecule has 0 N–H and O–H groups in total. The number of anilines is 1. The number of nitrogens with zero attached hydrogens (tertiary/aromatic N) is 2. The highest BCUT2D eigenvalue weighted by Crippen LogP contribution is 2.19. The van der Waals surface area contributed by atoms with Crippen LogP contribution in [0.3, 0.4) is 0 Å². The largest absolute Gasteiger partial charge is 0.369 e. The Morgan fingerprint density at radius 1 is 0.870 bits per heavy atom. The van der Waals surface area contributed by atoms with Gasteiger partial charge in [0, 0.05) is 31.9 Å². The lowest BCUT2D eigenvalue weighted by Crippen LogP contribution is -2.49. The fourth-order valence-electron chi connectivity index (χ4n) is 2.85. The summed E-state index contributed by atoms with van der Waals surface area (Å²) in [5.74, 6) is 0.0820.